The maximum atomic E-state index is 3.95. The first-order chi connectivity index (χ1) is 10.2. The number of fused-ring (bicyclic) bond motifs is 1. The number of hydrogen-bond donors (Lipinski definition) is 1. The molecule has 1 aliphatic heterocycles. The first-order valence-electron chi connectivity index (χ1n) is 8.40. The van der Waals surface area contributed by atoms with E-state index in [4.69, 9.17) is 0 Å². The van der Waals surface area contributed by atoms with E-state index in [1.54, 1.807) is 10.4 Å². The number of piperidine rings is 1. The van der Waals surface area contributed by atoms with Crippen molar-refractivity contribution < 1.29 is 0 Å². The molecule has 1 N–H and O–H groups in total. The molecule has 3 rings (SSSR count). The molecule has 1 aliphatic carbocycles. The van der Waals surface area contributed by atoms with Crippen molar-refractivity contribution in [3.05, 3.63) is 33.5 Å². The highest BCUT2D eigenvalue weighted by atomic mass is 32.1. The van der Waals surface area contributed by atoms with E-state index in [9.17, 15) is 0 Å². The van der Waals surface area contributed by atoms with Crippen molar-refractivity contribution in [1.29, 1.82) is 0 Å². The van der Waals surface area contributed by atoms with Gasteiger partial charge in [0.2, 0.25) is 0 Å². The third-order valence-electron chi connectivity index (χ3n) is 4.83. The number of allylic oxidation sites excluding steroid dienone is 1. The fraction of sp³-hybridized carbons (Fsp3) is 0.667. The summed E-state index contributed by atoms with van der Waals surface area (Å²) in [5.41, 5.74) is 3.03. The van der Waals surface area contributed by atoms with E-state index in [1.807, 2.05) is 11.3 Å². The first-order valence-corrected chi connectivity index (χ1v) is 9.28. The molecule has 21 heavy (non-hydrogen) atoms. The minimum atomic E-state index is 0.620. The van der Waals surface area contributed by atoms with Gasteiger partial charge in [-0.1, -0.05) is 11.6 Å². The number of thiophene rings is 1. The van der Waals surface area contributed by atoms with Crippen molar-refractivity contribution in [3.63, 3.8) is 0 Å². The molecule has 0 amide bonds. The van der Waals surface area contributed by atoms with Crippen LogP contribution in [0, 0.1) is 0 Å². The van der Waals surface area contributed by atoms with Crippen LogP contribution in [0.1, 0.15) is 56.0 Å². The van der Waals surface area contributed by atoms with Gasteiger partial charge in [0.1, 0.15) is 0 Å². The lowest BCUT2D eigenvalue weighted by Crippen LogP contribution is -2.44. The number of rotatable bonds is 4. The second kappa shape index (κ2) is 7.08. The molecular weight excluding hydrogens is 276 g/mol. The summed E-state index contributed by atoms with van der Waals surface area (Å²) in [7, 11) is 0. The molecule has 1 fully saturated rings. The van der Waals surface area contributed by atoms with Gasteiger partial charge in [-0.3, -0.25) is 4.90 Å². The SMILES string of the molecule is CC(C)=CCN1CCC(NC2CCCc3sccc32)CC1. The molecular formula is C18H28N2S. The highest BCUT2D eigenvalue weighted by Crippen LogP contribution is 2.34. The summed E-state index contributed by atoms with van der Waals surface area (Å²) in [6.07, 6.45) is 8.92. The van der Waals surface area contributed by atoms with Gasteiger partial charge >= 0.3 is 0 Å². The van der Waals surface area contributed by atoms with Crippen LogP contribution in [0.4, 0.5) is 0 Å². The zero-order chi connectivity index (χ0) is 14.7. The van der Waals surface area contributed by atoms with E-state index in [1.165, 1.54) is 50.8 Å². The van der Waals surface area contributed by atoms with E-state index in [2.05, 4.69) is 41.6 Å². The second-order valence-electron chi connectivity index (χ2n) is 6.77. The Balaban J connectivity index is 1.49. The van der Waals surface area contributed by atoms with Gasteiger partial charge in [-0.25, -0.2) is 0 Å². The van der Waals surface area contributed by atoms with Gasteiger partial charge in [0, 0.05) is 23.5 Å². The quantitative estimate of drug-likeness (QED) is 0.841. The fourth-order valence-corrected chi connectivity index (χ4v) is 4.53. The normalized spacial score (nSPS) is 23.8. The number of likely N-dealkylation sites (tertiary alicyclic amines) is 1. The van der Waals surface area contributed by atoms with Crippen molar-refractivity contribution >= 4 is 11.3 Å². The topological polar surface area (TPSA) is 15.3 Å². The first kappa shape index (κ1) is 15.3. The third kappa shape index (κ3) is 3.97. The molecule has 2 nitrogen and oxygen atoms in total. The van der Waals surface area contributed by atoms with Gasteiger partial charge in [-0.05, 0) is 76.1 Å². The Bertz CT molecular complexity index is 479. The van der Waals surface area contributed by atoms with Crippen molar-refractivity contribution in [2.75, 3.05) is 19.6 Å². The lowest BCUT2D eigenvalue weighted by molar-refractivity contribution is 0.203. The summed E-state index contributed by atoms with van der Waals surface area (Å²) in [5, 5.41) is 6.22. The van der Waals surface area contributed by atoms with Crippen molar-refractivity contribution in [1.82, 2.24) is 10.2 Å². The zero-order valence-electron chi connectivity index (χ0n) is 13.4. The van der Waals surface area contributed by atoms with Gasteiger partial charge in [0.25, 0.3) is 0 Å². The predicted octanol–water partition coefficient (Wildman–Crippen LogP) is 4.15. The van der Waals surface area contributed by atoms with E-state index in [0.29, 0.717) is 12.1 Å². The van der Waals surface area contributed by atoms with Crippen LogP contribution in [0.3, 0.4) is 0 Å². The van der Waals surface area contributed by atoms with Crippen LogP contribution in [0.5, 0.6) is 0 Å². The Morgan fingerprint density at radius 2 is 2.14 bits per heavy atom. The predicted molar refractivity (Wildman–Crippen MR) is 92.0 cm³/mol. The van der Waals surface area contributed by atoms with Crippen molar-refractivity contribution in [2.45, 2.75) is 58.0 Å². The maximum absolute atomic E-state index is 3.95. The van der Waals surface area contributed by atoms with Crippen LogP contribution in [0.25, 0.3) is 0 Å². The summed E-state index contributed by atoms with van der Waals surface area (Å²) in [6, 6.07) is 3.68. The zero-order valence-corrected chi connectivity index (χ0v) is 14.2. The van der Waals surface area contributed by atoms with E-state index < -0.39 is 0 Å². The molecule has 0 aromatic carbocycles. The van der Waals surface area contributed by atoms with Gasteiger partial charge in [0.15, 0.2) is 0 Å². The van der Waals surface area contributed by atoms with Gasteiger partial charge in [-0.15, -0.1) is 11.3 Å². The summed E-state index contributed by atoms with van der Waals surface area (Å²) < 4.78 is 0. The molecule has 1 aromatic heterocycles. The number of aryl methyl sites for hydroxylation is 1. The lowest BCUT2D eigenvalue weighted by Gasteiger charge is -2.35. The monoisotopic (exact) mass is 304 g/mol. The highest BCUT2D eigenvalue weighted by Gasteiger charge is 2.25. The van der Waals surface area contributed by atoms with Crippen molar-refractivity contribution in [3.8, 4) is 0 Å². The van der Waals surface area contributed by atoms with Gasteiger partial charge in [-0.2, -0.15) is 0 Å². The Kier molecular flexibility index (Phi) is 5.15. The molecule has 1 atom stereocenters. The summed E-state index contributed by atoms with van der Waals surface area (Å²) >= 11 is 1.95. The average Bonchev–Trinajstić information content (AvgIpc) is 2.96. The molecule has 2 heterocycles. The molecule has 1 saturated heterocycles. The van der Waals surface area contributed by atoms with E-state index in [0.717, 1.165) is 6.54 Å². The van der Waals surface area contributed by atoms with E-state index >= 15 is 0 Å². The number of nitrogens with zero attached hydrogens (tertiary/aromatic N) is 1. The van der Waals surface area contributed by atoms with Crippen LogP contribution in [0.15, 0.2) is 23.1 Å². The Morgan fingerprint density at radius 3 is 2.90 bits per heavy atom. The number of hydrogen-bond acceptors (Lipinski definition) is 3. The molecule has 0 radical (unpaired) electrons. The number of nitrogens with one attached hydrogen (secondary N) is 1. The van der Waals surface area contributed by atoms with Gasteiger partial charge < -0.3 is 5.32 Å². The molecule has 3 heteroatoms. The Labute approximate surface area is 133 Å². The van der Waals surface area contributed by atoms with Gasteiger partial charge in [0.05, 0.1) is 0 Å². The van der Waals surface area contributed by atoms with Crippen LogP contribution in [-0.4, -0.2) is 30.6 Å². The molecule has 0 spiro atoms. The van der Waals surface area contributed by atoms with Crippen LogP contribution < -0.4 is 5.32 Å². The largest absolute Gasteiger partial charge is 0.307 e. The molecule has 0 bridgehead atoms. The third-order valence-corrected chi connectivity index (χ3v) is 5.83. The summed E-state index contributed by atoms with van der Waals surface area (Å²) in [6.45, 7) is 7.99. The molecule has 2 aliphatic rings. The minimum Gasteiger partial charge on any atom is -0.307 e. The molecule has 1 aromatic rings. The fourth-order valence-electron chi connectivity index (χ4n) is 3.54. The van der Waals surface area contributed by atoms with Crippen LogP contribution in [0.2, 0.25) is 0 Å². The molecule has 1 unspecified atom stereocenters. The molecule has 116 valence electrons. The lowest BCUT2D eigenvalue weighted by atomic mass is 9.92. The summed E-state index contributed by atoms with van der Waals surface area (Å²) in [5.74, 6) is 0. The minimum absolute atomic E-state index is 0.620. The Morgan fingerprint density at radius 1 is 1.33 bits per heavy atom. The highest BCUT2D eigenvalue weighted by molar-refractivity contribution is 7.10. The molecule has 0 saturated carbocycles. The van der Waals surface area contributed by atoms with E-state index in [-0.39, 0.29) is 0 Å². The van der Waals surface area contributed by atoms with Crippen LogP contribution in [-0.2, 0) is 6.42 Å². The average molecular weight is 305 g/mol. The van der Waals surface area contributed by atoms with Crippen LogP contribution >= 0.6 is 11.3 Å². The maximum Gasteiger partial charge on any atom is 0.0333 e. The smallest absolute Gasteiger partial charge is 0.0333 e. The van der Waals surface area contributed by atoms with Crippen molar-refractivity contribution in [2.24, 2.45) is 0 Å². The summed E-state index contributed by atoms with van der Waals surface area (Å²) in [4.78, 5) is 4.21. The standard InChI is InChI=1S/C18H28N2S/c1-14(2)6-10-20-11-7-15(8-12-20)19-17-4-3-5-18-16(17)9-13-21-18/h6,9,13,15,17,19H,3-5,7-8,10-12H2,1-2H3. The Hall–Kier alpha value is -0.640. The second-order valence-corrected chi connectivity index (χ2v) is 7.77.